The lowest BCUT2D eigenvalue weighted by molar-refractivity contribution is 0.0697. The maximum absolute atomic E-state index is 13.6. The van der Waals surface area contributed by atoms with Crippen molar-refractivity contribution in [2.75, 3.05) is 13.1 Å². The summed E-state index contributed by atoms with van der Waals surface area (Å²) in [5.74, 6) is 1.28. The highest BCUT2D eigenvalue weighted by Gasteiger charge is 2.33. The van der Waals surface area contributed by atoms with Gasteiger partial charge in [0.05, 0.1) is 16.7 Å². The zero-order valence-corrected chi connectivity index (χ0v) is 18.3. The molecule has 2 aromatic heterocycles. The summed E-state index contributed by atoms with van der Waals surface area (Å²) in [7, 11) is 0. The molecule has 1 N–H and O–H groups in total. The number of benzene rings is 2. The molecule has 1 saturated heterocycles. The standard InChI is InChI=1S/C26H27N5O/c1-17-11-13-19(14-12-17)31-23-10-4-7-20(23)24(29-31)26(32)30-15-5-6-18(16-30)25-27-21-8-2-3-9-22(21)28-25/h2-3,8-9,11-14,18H,4-7,10,15-16H2,1H3,(H,27,28). The summed E-state index contributed by atoms with van der Waals surface area (Å²) in [6.45, 7) is 3.55. The number of nitrogens with zero attached hydrogens (tertiary/aromatic N) is 4. The lowest BCUT2D eigenvalue weighted by Gasteiger charge is -2.31. The molecule has 4 aromatic rings. The van der Waals surface area contributed by atoms with Gasteiger partial charge in [0.1, 0.15) is 5.82 Å². The molecule has 1 amide bonds. The molecule has 1 aliphatic heterocycles. The van der Waals surface area contributed by atoms with Crippen LogP contribution in [0.2, 0.25) is 0 Å². The Hall–Kier alpha value is -3.41. The average Bonchev–Trinajstić information content (AvgIpc) is 3.54. The van der Waals surface area contributed by atoms with Gasteiger partial charge < -0.3 is 9.88 Å². The molecule has 2 aliphatic rings. The zero-order valence-electron chi connectivity index (χ0n) is 18.3. The topological polar surface area (TPSA) is 66.8 Å². The van der Waals surface area contributed by atoms with Gasteiger partial charge in [-0.25, -0.2) is 9.67 Å². The monoisotopic (exact) mass is 425 g/mol. The summed E-state index contributed by atoms with van der Waals surface area (Å²) in [5.41, 5.74) is 7.28. The molecule has 6 nitrogen and oxygen atoms in total. The van der Waals surface area contributed by atoms with Gasteiger partial charge in [-0.2, -0.15) is 5.10 Å². The third kappa shape index (κ3) is 3.22. The first kappa shape index (κ1) is 19.3. The third-order valence-corrected chi connectivity index (χ3v) is 6.91. The van der Waals surface area contributed by atoms with Crippen molar-refractivity contribution in [3.8, 4) is 5.69 Å². The number of carbonyl (C=O) groups excluding carboxylic acids is 1. The van der Waals surface area contributed by atoms with E-state index in [0.717, 1.165) is 66.8 Å². The van der Waals surface area contributed by atoms with Crippen molar-refractivity contribution in [3.05, 3.63) is 76.9 Å². The molecule has 6 heteroatoms. The number of likely N-dealkylation sites (tertiary alicyclic amines) is 1. The molecule has 1 unspecified atom stereocenters. The summed E-state index contributed by atoms with van der Waals surface area (Å²) in [4.78, 5) is 23.9. The number of amides is 1. The minimum Gasteiger partial charge on any atom is -0.342 e. The Morgan fingerprint density at radius 3 is 2.75 bits per heavy atom. The number of aromatic amines is 1. The number of aromatic nitrogens is 4. The van der Waals surface area contributed by atoms with Crippen LogP contribution in [-0.4, -0.2) is 43.6 Å². The van der Waals surface area contributed by atoms with E-state index in [9.17, 15) is 4.79 Å². The van der Waals surface area contributed by atoms with E-state index in [2.05, 4.69) is 42.2 Å². The molecule has 1 fully saturated rings. The molecule has 0 bridgehead atoms. The molecule has 0 spiro atoms. The lowest BCUT2D eigenvalue weighted by Crippen LogP contribution is -2.40. The second kappa shape index (κ2) is 7.62. The van der Waals surface area contributed by atoms with E-state index in [-0.39, 0.29) is 11.8 Å². The Balaban J connectivity index is 1.29. The van der Waals surface area contributed by atoms with Crippen LogP contribution < -0.4 is 0 Å². The second-order valence-corrected chi connectivity index (χ2v) is 9.10. The van der Waals surface area contributed by atoms with Crippen LogP contribution in [0.4, 0.5) is 0 Å². The van der Waals surface area contributed by atoms with E-state index in [1.807, 2.05) is 27.8 Å². The van der Waals surface area contributed by atoms with Crippen LogP contribution in [0.3, 0.4) is 0 Å². The van der Waals surface area contributed by atoms with Gasteiger partial charge >= 0.3 is 0 Å². The molecule has 0 saturated carbocycles. The molecule has 3 heterocycles. The van der Waals surface area contributed by atoms with Crippen molar-refractivity contribution in [1.29, 1.82) is 0 Å². The number of H-pyrrole nitrogens is 1. The number of piperidine rings is 1. The Morgan fingerprint density at radius 1 is 1.06 bits per heavy atom. The quantitative estimate of drug-likeness (QED) is 0.523. The zero-order chi connectivity index (χ0) is 21.7. The van der Waals surface area contributed by atoms with Gasteiger partial charge in [0.25, 0.3) is 5.91 Å². The van der Waals surface area contributed by atoms with Crippen LogP contribution in [-0.2, 0) is 12.8 Å². The van der Waals surface area contributed by atoms with Crippen LogP contribution in [0, 0.1) is 6.92 Å². The summed E-state index contributed by atoms with van der Waals surface area (Å²) >= 11 is 0. The number of imidazole rings is 1. The van der Waals surface area contributed by atoms with Crippen molar-refractivity contribution in [2.45, 2.75) is 44.9 Å². The minimum absolute atomic E-state index is 0.0647. The van der Waals surface area contributed by atoms with Gasteiger partial charge in [-0.05, 0) is 63.3 Å². The number of carbonyl (C=O) groups is 1. The van der Waals surface area contributed by atoms with Gasteiger partial charge in [0, 0.05) is 30.3 Å². The van der Waals surface area contributed by atoms with E-state index in [4.69, 9.17) is 10.1 Å². The number of hydrogen-bond acceptors (Lipinski definition) is 3. The highest BCUT2D eigenvalue weighted by atomic mass is 16.2. The maximum atomic E-state index is 13.6. The number of para-hydroxylation sites is 2. The van der Waals surface area contributed by atoms with Crippen LogP contribution in [0.15, 0.2) is 48.5 Å². The van der Waals surface area contributed by atoms with Gasteiger partial charge in [-0.15, -0.1) is 0 Å². The Morgan fingerprint density at radius 2 is 1.91 bits per heavy atom. The first-order valence-corrected chi connectivity index (χ1v) is 11.6. The first-order chi connectivity index (χ1) is 15.7. The van der Waals surface area contributed by atoms with Gasteiger partial charge in [-0.3, -0.25) is 4.79 Å². The smallest absolute Gasteiger partial charge is 0.274 e. The number of hydrogen-bond donors (Lipinski definition) is 1. The van der Waals surface area contributed by atoms with Gasteiger partial charge in [0.15, 0.2) is 5.69 Å². The highest BCUT2D eigenvalue weighted by Crippen LogP contribution is 2.31. The number of fused-ring (bicyclic) bond motifs is 2. The largest absolute Gasteiger partial charge is 0.342 e. The fourth-order valence-corrected chi connectivity index (χ4v) is 5.21. The van der Waals surface area contributed by atoms with Crippen LogP contribution in [0.1, 0.15) is 58.3 Å². The number of rotatable bonds is 3. The van der Waals surface area contributed by atoms with Crippen molar-refractivity contribution >= 4 is 16.9 Å². The molecule has 32 heavy (non-hydrogen) atoms. The Kier molecular flexibility index (Phi) is 4.59. The average molecular weight is 426 g/mol. The fraction of sp³-hybridized carbons (Fsp3) is 0.346. The molecule has 6 rings (SSSR count). The van der Waals surface area contributed by atoms with E-state index >= 15 is 0 Å². The Labute approximate surface area is 187 Å². The molecular weight excluding hydrogens is 398 g/mol. The molecule has 1 atom stereocenters. The van der Waals surface area contributed by atoms with Gasteiger partial charge in [0.2, 0.25) is 0 Å². The second-order valence-electron chi connectivity index (χ2n) is 9.10. The minimum atomic E-state index is 0.0647. The Bertz CT molecular complexity index is 1270. The molecule has 0 radical (unpaired) electrons. The van der Waals surface area contributed by atoms with E-state index < -0.39 is 0 Å². The van der Waals surface area contributed by atoms with Crippen molar-refractivity contribution in [1.82, 2.24) is 24.6 Å². The highest BCUT2D eigenvalue weighted by molar-refractivity contribution is 5.94. The van der Waals surface area contributed by atoms with Crippen molar-refractivity contribution in [2.24, 2.45) is 0 Å². The number of nitrogens with one attached hydrogen (secondary N) is 1. The molecule has 162 valence electrons. The summed E-state index contributed by atoms with van der Waals surface area (Å²) in [6.07, 6.45) is 5.02. The normalized spacial score (nSPS) is 18.3. The van der Waals surface area contributed by atoms with E-state index in [1.165, 1.54) is 11.3 Å². The first-order valence-electron chi connectivity index (χ1n) is 11.6. The molecule has 1 aliphatic carbocycles. The summed E-state index contributed by atoms with van der Waals surface area (Å²) in [5, 5.41) is 4.84. The fourth-order valence-electron chi connectivity index (χ4n) is 5.21. The summed E-state index contributed by atoms with van der Waals surface area (Å²) in [6, 6.07) is 16.5. The van der Waals surface area contributed by atoms with Crippen LogP contribution in [0.25, 0.3) is 16.7 Å². The van der Waals surface area contributed by atoms with Gasteiger partial charge in [-0.1, -0.05) is 29.8 Å². The van der Waals surface area contributed by atoms with Crippen molar-refractivity contribution in [3.63, 3.8) is 0 Å². The molecular formula is C26H27N5O. The van der Waals surface area contributed by atoms with E-state index in [1.54, 1.807) is 0 Å². The summed E-state index contributed by atoms with van der Waals surface area (Å²) < 4.78 is 2.00. The van der Waals surface area contributed by atoms with Crippen LogP contribution >= 0.6 is 0 Å². The predicted octanol–water partition coefficient (Wildman–Crippen LogP) is 4.57. The maximum Gasteiger partial charge on any atom is 0.274 e. The third-order valence-electron chi connectivity index (χ3n) is 6.91. The van der Waals surface area contributed by atoms with E-state index in [0.29, 0.717) is 12.2 Å². The predicted molar refractivity (Wildman–Crippen MR) is 124 cm³/mol. The molecule has 2 aromatic carbocycles. The lowest BCUT2D eigenvalue weighted by atomic mass is 9.97. The van der Waals surface area contributed by atoms with Crippen LogP contribution in [0.5, 0.6) is 0 Å². The van der Waals surface area contributed by atoms with Crippen molar-refractivity contribution < 1.29 is 4.79 Å². The SMILES string of the molecule is Cc1ccc(-n2nc(C(=O)N3CCCC(c4nc5ccccc5[nH]4)C3)c3c2CCC3)cc1. The number of aryl methyl sites for hydroxylation is 1.